The predicted octanol–water partition coefficient (Wildman–Crippen LogP) is 17.5. The van der Waals surface area contributed by atoms with Crippen molar-refractivity contribution in [2.24, 2.45) is 70.0 Å². The van der Waals surface area contributed by atoms with Crippen LogP contribution in [-0.4, -0.2) is 112 Å². The summed E-state index contributed by atoms with van der Waals surface area (Å²) in [7, 11) is 0. The molecule has 0 amide bonds. The third-order valence-corrected chi connectivity index (χ3v) is 24.1. The van der Waals surface area contributed by atoms with Gasteiger partial charge in [-0.1, -0.05) is 94.5 Å². The topological polar surface area (TPSA) is 146 Å². The number of hydrogen-bond acceptors (Lipinski definition) is 12. The summed E-state index contributed by atoms with van der Waals surface area (Å²) >= 11 is 0. The van der Waals surface area contributed by atoms with E-state index in [9.17, 15) is 9.59 Å². The quantitative estimate of drug-likeness (QED) is 0.0927. The molecule has 6 saturated heterocycles. The molecule has 492 valence electrons. The summed E-state index contributed by atoms with van der Waals surface area (Å²) < 4.78 is 53.8. The van der Waals surface area contributed by atoms with Crippen LogP contribution in [0, 0.1) is 70.0 Å². The molecule has 0 aromatic heterocycles. The molecule has 6 aliphatic heterocycles. The van der Waals surface area contributed by atoms with E-state index in [2.05, 4.69) is 101 Å². The number of rotatable bonds is 14. The van der Waals surface area contributed by atoms with Crippen molar-refractivity contribution in [3.8, 4) is 0 Å². The van der Waals surface area contributed by atoms with Crippen molar-refractivity contribution in [2.75, 3.05) is 33.0 Å². The van der Waals surface area contributed by atoms with E-state index in [1.807, 2.05) is 0 Å². The maximum absolute atomic E-state index is 11.6. The Morgan fingerprint density at radius 1 is 0.375 bits per heavy atom. The summed E-state index contributed by atoms with van der Waals surface area (Å²) in [6.45, 7) is 16.7. The van der Waals surface area contributed by atoms with Crippen molar-refractivity contribution in [2.45, 2.75) is 287 Å². The summed E-state index contributed by atoms with van der Waals surface area (Å²) in [5.74, 6) is 7.03. The minimum absolute atomic E-state index is 0.432. The lowest BCUT2D eigenvalue weighted by molar-refractivity contribution is 0.0283. The highest BCUT2D eigenvalue weighted by molar-refractivity contribution is 5.60. The Morgan fingerprint density at radius 2 is 0.739 bits per heavy atom. The highest BCUT2D eigenvalue weighted by Gasteiger charge is 2.54. The first-order valence-electron chi connectivity index (χ1n) is 36.2. The molecule has 0 N–H and O–H groups in total. The van der Waals surface area contributed by atoms with Gasteiger partial charge >= 0.3 is 12.3 Å². The van der Waals surface area contributed by atoms with Crippen LogP contribution in [0.4, 0.5) is 9.59 Å². The highest BCUT2D eigenvalue weighted by Crippen LogP contribution is 2.55. The molecule has 0 bridgehead atoms. The van der Waals surface area contributed by atoms with Gasteiger partial charge in [-0.15, -0.1) is 6.58 Å². The lowest BCUT2D eigenvalue weighted by atomic mass is 9.61. The van der Waals surface area contributed by atoms with Crippen molar-refractivity contribution < 1.29 is 57.0 Å². The van der Waals surface area contributed by atoms with Gasteiger partial charge in [0.15, 0.2) is 0 Å². The third-order valence-electron chi connectivity index (χ3n) is 24.1. The lowest BCUT2D eigenvalue weighted by Gasteiger charge is -2.43. The van der Waals surface area contributed by atoms with Crippen LogP contribution in [0.25, 0.3) is 0 Å². The van der Waals surface area contributed by atoms with Gasteiger partial charge in [0.2, 0.25) is 0 Å². The number of fused-ring (bicyclic) bond motifs is 5. The van der Waals surface area contributed by atoms with E-state index in [1.165, 1.54) is 116 Å². The monoisotopic (exact) mass is 1220 g/mol. The molecule has 0 spiro atoms. The van der Waals surface area contributed by atoms with Gasteiger partial charge in [-0.25, -0.2) is 9.59 Å². The van der Waals surface area contributed by atoms with Crippen LogP contribution in [0.15, 0.2) is 73.4 Å². The first-order chi connectivity index (χ1) is 42.8. The number of epoxide rings is 6. The Labute approximate surface area is 530 Å². The van der Waals surface area contributed by atoms with Gasteiger partial charge in [0.1, 0.15) is 0 Å². The van der Waals surface area contributed by atoms with E-state index in [1.54, 1.807) is 0 Å². The van der Waals surface area contributed by atoms with E-state index in [-0.39, 0.29) is 0 Å². The smallest absolute Gasteiger partial charge is 0.434 e. The molecule has 0 aromatic rings. The van der Waals surface area contributed by atoms with Gasteiger partial charge < -0.3 is 47.4 Å². The molecule has 0 aromatic carbocycles. The maximum atomic E-state index is 11.6. The minimum atomic E-state index is -0.511. The van der Waals surface area contributed by atoms with Crippen LogP contribution in [0.5, 0.6) is 0 Å². The second-order valence-corrected chi connectivity index (χ2v) is 30.8. The predicted molar refractivity (Wildman–Crippen MR) is 345 cm³/mol. The average molecular weight is 1220 g/mol. The Bertz CT molecular complexity index is 2230. The number of hydrogen-bond donors (Lipinski definition) is 0. The van der Waals surface area contributed by atoms with Crippen molar-refractivity contribution in [1.29, 1.82) is 0 Å². The fourth-order valence-electron chi connectivity index (χ4n) is 17.0. The van der Waals surface area contributed by atoms with Crippen molar-refractivity contribution >= 4 is 12.3 Å². The van der Waals surface area contributed by atoms with Crippen molar-refractivity contribution in [3.63, 3.8) is 0 Å². The normalized spacial score (nSPS) is 40.4. The molecular weight excluding hydrogens is 1100 g/mol. The van der Waals surface area contributed by atoms with E-state index < -0.39 is 12.3 Å². The molecule has 16 aliphatic rings. The van der Waals surface area contributed by atoms with Gasteiger partial charge in [-0.3, -0.25) is 0 Å². The van der Waals surface area contributed by atoms with Gasteiger partial charge in [-0.2, -0.15) is 0 Å². The molecule has 12 nitrogen and oxygen atoms in total. The fraction of sp³-hybridized carbons (Fsp3) is 0.816. The fourth-order valence-corrected chi connectivity index (χ4v) is 17.0. The first kappa shape index (κ1) is 66.2. The van der Waals surface area contributed by atoms with Crippen molar-refractivity contribution in [1.82, 2.24) is 0 Å². The van der Waals surface area contributed by atoms with Gasteiger partial charge in [0.25, 0.3) is 0 Å². The SMILES string of the molecule is C1CC2OC2CC1C1CO1.C=CC1CC=CCC1.CC(C)(C1CC=CCC1)C1CC=CCC1.CC(C)(C1CCC2OC2C1)C1CCC2OC2C1.O=C(OCC1CC=CCC1)OCC1CC=CCC1.O=C(OCC1CCC2OC2C1)OCC1CCC2OC2C1. The van der Waals surface area contributed by atoms with Crippen LogP contribution in [-0.2, 0) is 47.4 Å². The van der Waals surface area contributed by atoms with Gasteiger partial charge in [0.05, 0.1) is 100 Å². The molecular formula is C76H116O12. The number of allylic oxidation sites excluding steroid dienone is 11. The zero-order chi connectivity index (χ0) is 60.9. The molecule has 88 heavy (non-hydrogen) atoms. The zero-order valence-electron chi connectivity index (χ0n) is 54.8. The van der Waals surface area contributed by atoms with Gasteiger partial charge in [-0.05, 0) is 263 Å². The molecule has 16 rings (SSSR count). The molecule has 11 fully saturated rings. The summed E-state index contributed by atoms with van der Waals surface area (Å²) in [5, 5.41) is 0. The molecule has 5 saturated carbocycles. The van der Waals surface area contributed by atoms with E-state index in [0.29, 0.717) is 128 Å². The average Bonchev–Trinajstić information content (AvgIpc) is 2.53. The van der Waals surface area contributed by atoms with Crippen LogP contribution in [0.1, 0.15) is 220 Å². The van der Waals surface area contributed by atoms with Crippen LogP contribution in [0.3, 0.4) is 0 Å². The minimum Gasteiger partial charge on any atom is -0.434 e. The highest BCUT2D eigenvalue weighted by atomic mass is 16.7. The molecule has 21 atom stereocenters. The largest absolute Gasteiger partial charge is 0.508 e. The van der Waals surface area contributed by atoms with E-state index >= 15 is 0 Å². The second kappa shape index (κ2) is 32.1. The molecule has 12 heteroatoms. The van der Waals surface area contributed by atoms with Crippen LogP contribution < -0.4 is 0 Å². The summed E-state index contributed by atoms with van der Waals surface area (Å²) in [6, 6.07) is 0. The molecule has 0 radical (unpaired) electrons. The Balaban J connectivity index is 0.000000111. The lowest BCUT2D eigenvalue weighted by Crippen LogP contribution is -2.37. The molecule has 21 unspecified atom stereocenters. The number of carbonyl (C=O) groups excluding carboxylic acids is 2. The second-order valence-electron chi connectivity index (χ2n) is 30.8. The van der Waals surface area contributed by atoms with E-state index in [0.717, 1.165) is 119 Å². The third kappa shape index (κ3) is 20.4. The van der Waals surface area contributed by atoms with E-state index in [4.69, 9.17) is 47.4 Å². The standard InChI is InChI=1S/C15H22O5.C15H22O3.C15H24O2.C15H24.C8H12O2.C8H12/c16-15(17-7-9-1-3-11-13(5-9)19-11)18-8-10-2-4-12-14(6-10)20-12;16-15(17-11-13-7-3-1-4-8-13)18-12-14-9-5-2-6-10-14;1-15(2,9-3-5-11-13(7-9)16-11)10-4-6-12-14(8-10)17-12;1-15(2,13-9-5-3-6-10-13)14-11-7-4-8-12-14;1-2-6-7(10-6)3-5(1)8-4-9-8;1-2-8-6-4-3-5-7-8/h9-14H,1-8H2;1-3,5,13-14H,4,6-12H2;9-14H,3-8H2,1-2H3;3-5,7,13-14H,6,8-12H2,1-2H3;5-8H,1-4H2;2-4,8H,1,5-7H2. The van der Waals surface area contributed by atoms with Crippen molar-refractivity contribution in [3.05, 3.63) is 73.4 Å². The number of ether oxygens (including phenoxy) is 10. The maximum Gasteiger partial charge on any atom is 0.508 e. The van der Waals surface area contributed by atoms with Crippen LogP contribution in [0.2, 0.25) is 0 Å². The summed E-state index contributed by atoms with van der Waals surface area (Å²) in [6.07, 6.45) is 66.7. The summed E-state index contributed by atoms with van der Waals surface area (Å²) in [4.78, 5) is 23.1. The summed E-state index contributed by atoms with van der Waals surface area (Å²) in [5.41, 5.74) is 1.03. The molecule has 10 aliphatic carbocycles. The Kier molecular flexibility index (Phi) is 24.1. The number of carbonyl (C=O) groups is 2. The first-order valence-corrected chi connectivity index (χ1v) is 36.2. The van der Waals surface area contributed by atoms with Crippen LogP contribution >= 0.6 is 0 Å². The Morgan fingerprint density at radius 3 is 1.08 bits per heavy atom. The zero-order valence-corrected chi connectivity index (χ0v) is 54.8. The van der Waals surface area contributed by atoms with Gasteiger partial charge in [0, 0.05) is 0 Å². The molecule has 6 heterocycles. The Hall–Kier alpha value is -3.26.